The molecule has 29 heavy (non-hydrogen) atoms. The second kappa shape index (κ2) is 8.26. The number of aliphatic carboxylic acids is 1. The highest BCUT2D eigenvalue weighted by atomic mass is 32.2. The zero-order chi connectivity index (χ0) is 21.3. The predicted molar refractivity (Wildman–Crippen MR) is 106 cm³/mol. The summed E-state index contributed by atoms with van der Waals surface area (Å²) in [4.78, 5) is 51.4. The molecule has 1 saturated heterocycles. The van der Waals surface area contributed by atoms with Crippen molar-refractivity contribution in [3.8, 4) is 0 Å². The average molecular weight is 418 g/mol. The molecule has 0 radical (unpaired) electrons. The van der Waals surface area contributed by atoms with Crippen LogP contribution < -0.4 is 11.1 Å². The normalized spacial score (nSPS) is 21.8. The summed E-state index contributed by atoms with van der Waals surface area (Å²) in [5.74, 6) is -2.26. The Balaban J connectivity index is 1.74. The Bertz CT molecular complexity index is 886. The summed E-state index contributed by atoms with van der Waals surface area (Å²) in [6, 6.07) is 6.96. The van der Waals surface area contributed by atoms with Crippen LogP contribution in [0, 0.1) is 0 Å². The van der Waals surface area contributed by atoms with E-state index in [4.69, 9.17) is 5.73 Å². The molecule has 0 unspecified atom stereocenters. The Hall–Kier alpha value is -2.85. The van der Waals surface area contributed by atoms with Crippen LogP contribution in [0.4, 0.5) is 0 Å². The van der Waals surface area contributed by atoms with Crippen LogP contribution in [0.15, 0.2) is 41.6 Å². The maximum Gasteiger partial charge on any atom is 0.352 e. The molecule has 0 bridgehead atoms. The molecule has 1 fully saturated rings. The quantitative estimate of drug-likeness (QED) is 0.550. The number of nitrogens with two attached hydrogens (primary N) is 1. The van der Waals surface area contributed by atoms with Gasteiger partial charge in [-0.15, -0.1) is 11.8 Å². The number of thioether (sulfide) groups is 1. The van der Waals surface area contributed by atoms with E-state index in [0.717, 1.165) is 4.90 Å². The molecule has 4 N–H and O–H groups in total. The van der Waals surface area contributed by atoms with Crippen LogP contribution in [0.25, 0.3) is 0 Å². The number of carboxylic acids is 1. The number of carboxylic acid groups (broad SMARTS) is 1. The van der Waals surface area contributed by atoms with Crippen LogP contribution in [0.1, 0.15) is 18.0 Å². The highest BCUT2D eigenvalue weighted by molar-refractivity contribution is 8.00. The number of amides is 3. The van der Waals surface area contributed by atoms with Gasteiger partial charge >= 0.3 is 5.97 Å². The molecule has 1 aromatic rings. The molecule has 2 heterocycles. The van der Waals surface area contributed by atoms with Gasteiger partial charge in [0, 0.05) is 19.8 Å². The van der Waals surface area contributed by atoms with Crippen molar-refractivity contribution >= 4 is 35.5 Å². The van der Waals surface area contributed by atoms with E-state index < -0.39 is 35.2 Å². The van der Waals surface area contributed by atoms with E-state index in [1.54, 1.807) is 44.4 Å². The maximum atomic E-state index is 12.6. The van der Waals surface area contributed by atoms with Gasteiger partial charge in [-0.05, 0) is 11.1 Å². The van der Waals surface area contributed by atoms with Crippen molar-refractivity contribution in [2.75, 3.05) is 19.8 Å². The minimum atomic E-state index is -1.27. The average Bonchev–Trinajstić information content (AvgIpc) is 2.71. The minimum absolute atomic E-state index is 0.0754. The summed E-state index contributed by atoms with van der Waals surface area (Å²) in [5, 5.41) is 11.7. The fourth-order valence-corrected chi connectivity index (χ4v) is 4.56. The van der Waals surface area contributed by atoms with Crippen LogP contribution in [-0.2, 0) is 19.2 Å². The molecule has 2 aliphatic heterocycles. The van der Waals surface area contributed by atoms with E-state index in [9.17, 15) is 24.3 Å². The van der Waals surface area contributed by atoms with Crippen LogP contribution >= 0.6 is 11.8 Å². The number of carbonyl (C=O) groups excluding carboxylic acids is 3. The van der Waals surface area contributed by atoms with Crippen molar-refractivity contribution in [2.24, 2.45) is 5.73 Å². The second-order valence-corrected chi connectivity index (χ2v) is 8.11. The first-order valence-electron chi connectivity index (χ1n) is 8.93. The molecular weight excluding hydrogens is 396 g/mol. The number of fused-ring (bicyclic) bond motifs is 1. The first kappa shape index (κ1) is 20.9. The number of rotatable bonds is 6. The Morgan fingerprint density at radius 2 is 1.97 bits per heavy atom. The fourth-order valence-electron chi connectivity index (χ4n) is 3.21. The van der Waals surface area contributed by atoms with Crippen LogP contribution in [0.3, 0.4) is 0 Å². The molecule has 2 aliphatic rings. The van der Waals surface area contributed by atoms with Crippen LogP contribution in [0.5, 0.6) is 0 Å². The SMILES string of the molecule is CN(C)C(=O)CC1=C(C(=O)O)N2C(=O)[C@@H](NC(=O)[C@@H](N)c3ccccc3)[C@@H]2SC1. The summed E-state index contributed by atoms with van der Waals surface area (Å²) >= 11 is 1.31. The van der Waals surface area contributed by atoms with Gasteiger partial charge in [-0.2, -0.15) is 0 Å². The van der Waals surface area contributed by atoms with Gasteiger partial charge in [-0.25, -0.2) is 4.79 Å². The topological polar surface area (TPSA) is 133 Å². The Morgan fingerprint density at radius 3 is 2.55 bits per heavy atom. The summed E-state index contributed by atoms with van der Waals surface area (Å²) < 4.78 is 0. The largest absolute Gasteiger partial charge is 0.477 e. The fraction of sp³-hybridized carbons (Fsp3) is 0.368. The minimum Gasteiger partial charge on any atom is -0.477 e. The summed E-state index contributed by atoms with van der Waals surface area (Å²) in [7, 11) is 3.16. The number of hydrogen-bond acceptors (Lipinski definition) is 6. The van der Waals surface area contributed by atoms with Gasteiger partial charge in [0.05, 0.1) is 6.42 Å². The number of nitrogens with zero attached hydrogens (tertiary/aromatic N) is 2. The van der Waals surface area contributed by atoms with E-state index >= 15 is 0 Å². The van der Waals surface area contributed by atoms with E-state index in [2.05, 4.69) is 5.32 Å². The molecule has 10 heteroatoms. The Morgan fingerprint density at radius 1 is 1.31 bits per heavy atom. The number of benzene rings is 1. The first-order valence-corrected chi connectivity index (χ1v) is 9.98. The second-order valence-electron chi connectivity index (χ2n) is 7.01. The lowest BCUT2D eigenvalue weighted by Gasteiger charge is -2.49. The van der Waals surface area contributed by atoms with Crippen molar-refractivity contribution in [2.45, 2.75) is 23.9 Å². The maximum absolute atomic E-state index is 12.6. The van der Waals surface area contributed by atoms with Gasteiger partial charge in [0.1, 0.15) is 23.2 Å². The van der Waals surface area contributed by atoms with Crippen molar-refractivity contribution in [1.82, 2.24) is 15.1 Å². The van der Waals surface area contributed by atoms with E-state index in [1.165, 1.54) is 16.7 Å². The molecule has 3 amide bonds. The third-order valence-corrected chi connectivity index (χ3v) is 6.19. The monoisotopic (exact) mass is 418 g/mol. The highest BCUT2D eigenvalue weighted by Crippen LogP contribution is 2.41. The number of β-lactam (4-membered cyclic amide) rings is 1. The molecule has 9 nitrogen and oxygen atoms in total. The van der Waals surface area contributed by atoms with Gasteiger partial charge in [-0.1, -0.05) is 30.3 Å². The summed E-state index contributed by atoms with van der Waals surface area (Å²) in [6.45, 7) is 0. The molecule has 0 aliphatic carbocycles. The highest BCUT2D eigenvalue weighted by Gasteiger charge is 2.54. The Labute approximate surface area is 171 Å². The van der Waals surface area contributed by atoms with Gasteiger partial charge in [0.25, 0.3) is 5.91 Å². The Kier molecular flexibility index (Phi) is 5.94. The molecule has 3 atom stereocenters. The van der Waals surface area contributed by atoms with Crippen molar-refractivity contribution in [3.05, 3.63) is 47.2 Å². The van der Waals surface area contributed by atoms with Crippen LogP contribution in [-0.4, -0.2) is 69.9 Å². The summed E-state index contributed by atoms with van der Waals surface area (Å²) in [6.07, 6.45) is -0.0754. The number of carbonyl (C=O) groups is 4. The third-order valence-electron chi connectivity index (χ3n) is 4.85. The molecule has 0 aromatic heterocycles. The number of hydrogen-bond donors (Lipinski definition) is 3. The van der Waals surface area contributed by atoms with Crippen molar-refractivity contribution in [1.29, 1.82) is 0 Å². The van der Waals surface area contributed by atoms with Crippen molar-refractivity contribution in [3.63, 3.8) is 0 Å². The molecule has 0 spiro atoms. The van der Waals surface area contributed by atoms with E-state index in [0.29, 0.717) is 11.1 Å². The van der Waals surface area contributed by atoms with Gasteiger partial charge in [-0.3, -0.25) is 19.3 Å². The van der Waals surface area contributed by atoms with Crippen LogP contribution in [0.2, 0.25) is 0 Å². The number of nitrogens with one attached hydrogen (secondary N) is 1. The molecule has 3 rings (SSSR count). The van der Waals surface area contributed by atoms with Crippen molar-refractivity contribution < 1.29 is 24.3 Å². The smallest absolute Gasteiger partial charge is 0.352 e. The molecule has 154 valence electrons. The zero-order valence-electron chi connectivity index (χ0n) is 16.0. The third kappa shape index (κ3) is 3.99. The zero-order valence-corrected chi connectivity index (χ0v) is 16.8. The predicted octanol–water partition coefficient (Wildman–Crippen LogP) is -0.0967. The van der Waals surface area contributed by atoms with E-state index in [-0.39, 0.29) is 23.8 Å². The lowest BCUT2D eigenvalue weighted by Crippen LogP contribution is -2.71. The molecule has 0 saturated carbocycles. The lowest BCUT2D eigenvalue weighted by molar-refractivity contribution is -0.151. The van der Waals surface area contributed by atoms with Gasteiger partial charge < -0.3 is 21.1 Å². The lowest BCUT2D eigenvalue weighted by atomic mass is 10.00. The van der Waals surface area contributed by atoms with E-state index in [1.807, 2.05) is 0 Å². The molecular formula is C19H22N4O5S. The standard InChI is InChI=1S/C19H22N4O5S/c1-22(2)12(24)8-11-9-29-18-14(17(26)23(18)15(11)19(27)28)21-16(25)13(20)10-6-4-3-5-7-10/h3-7,13-14,18H,8-9,20H2,1-2H3,(H,21,25)(H,27,28)/t13-,14+,18-/m0/s1. The van der Waals surface area contributed by atoms with Gasteiger partial charge in [0.2, 0.25) is 11.8 Å². The summed E-state index contributed by atoms with van der Waals surface area (Å²) in [5.41, 5.74) is 6.79. The molecule has 1 aromatic carbocycles. The van der Waals surface area contributed by atoms with Gasteiger partial charge in [0.15, 0.2) is 0 Å². The first-order chi connectivity index (χ1) is 13.7.